The molecule has 3 heterocycles. The molecule has 0 atom stereocenters. The molecule has 0 saturated heterocycles. The van der Waals surface area contributed by atoms with Gasteiger partial charge < -0.3 is 14.5 Å². The van der Waals surface area contributed by atoms with E-state index in [1.807, 2.05) is 35.8 Å². The van der Waals surface area contributed by atoms with Crippen LogP contribution in [-0.4, -0.2) is 38.5 Å². The van der Waals surface area contributed by atoms with E-state index in [9.17, 15) is 4.79 Å². The van der Waals surface area contributed by atoms with Crippen molar-refractivity contribution in [3.05, 3.63) is 71.4 Å². The van der Waals surface area contributed by atoms with Gasteiger partial charge >= 0.3 is 0 Å². The van der Waals surface area contributed by atoms with Crippen LogP contribution in [0.4, 0.5) is 5.69 Å². The molecular weight excluding hydrogens is 450 g/mol. The Bertz CT molecular complexity index is 1210. The van der Waals surface area contributed by atoms with Crippen LogP contribution in [0.1, 0.15) is 11.3 Å². The van der Waals surface area contributed by atoms with Crippen molar-refractivity contribution < 1.29 is 13.9 Å². The van der Waals surface area contributed by atoms with Crippen LogP contribution in [0, 0.1) is 6.92 Å². The third kappa shape index (κ3) is 4.95. The number of nitrogens with one attached hydrogen (secondary N) is 1. The Morgan fingerprint density at radius 3 is 2.78 bits per heavy atom. The van der Waals surface area contributed by atoms with E-state index in [-0.39, 0.29) is 11.7 Å². The van der Waals surface area contributed by atoms with Crippen LogP contribution >= 0.6 is 23.4 Å². The number of ether oxygens (including phenoxy) is 1. The third-order valence-electron chi connectivity index (χ3n) is 4.64. The summed E-state index contributed by atoms with van der Waals surface area (Å²) in [5.74, 6) is 1.86. The predicted octanol–water partition coefficient (Wildman–Crippen LogP) is 4.68. The molecule has 32 heavy (non-hydrogen) atoms. The van der Waals surface area contributed by atoms with Gasteiger partial charge in [-0.3, -0.25) is 14.3 Å². The zero-order chi connectivity index (χ0) is 22.5. The van der Waals surface area contributed by atoms with E-state index < -0.39 is 0 Å². The summed E-state index contributed by atoms with van der Waals surface area (Å²) in [4.78, 5) is 16.7. The summed E-state index contributed by atoms with van der Waals surface area (Å²) in [6.45, 7) is 2.30. The number of halogens is 1. The molecule has 10 heteroatoms. The van der Waals surface area contributed by atoms with Crippen LogP contribution in [-0.2, 0) is 11.3 Å². The van der Waals surface area contributed by atoms with Gasteiger partial charge in [0, 0.05) is 29.0 Å². The predicted molar refractivity (Wildman–Crippen MR) is 123 cm³/mol. The molecule has 0 unspecified atom stereocenters. The second-order valence-corrected chi connectivity index (χ2v) is 8.20. The van der Waals surface area contributed by atoms with Gasteiger partial charge in [0.25, 0.3) is 0 Å². The number of aryl methyl sites for hydroxylation is 1. The zero-order valence-electron chi connectivity index (χ0n) is 17.4. The maximum absolute atomic E-state index is 12.7. The molecule has 0 fully saturated rings. The second-order valence-electron chi connectivity index (χ2n) is 6.85. The topological polar surface area (TPSA) is 95.1 Å². The number of anilines is 1. The van der Waals surface area contributed by atoms with Gasteiger partial charge in [0.1, 0.15) is 11.5 Å². The lowest BCUT2D eigenvalue weighted by atomic mass is 10.2. The standard InChI is InChI=1S/C22H20ClN5O3S/c1-14-10-18(19(30-2)11-17(14)23)25-20(29)13-32-22-27-26-21(15-5-7-24-8-6-15)28(22)12-16-4-3-9-31-16/h3-11H,12-13H2,1-2H3,(H,25,29). The highest BCUT2D eigenvalue weighted by Crippen LogP contribution is 2.31. The number of methoxy groups -OCH3 is 1. The molecule has 0 aliphatic carbocycles. The number of pyridine rings is 1. The molecule has 0 spiro atoms. The second kappa shape index (κ2) is 9.88. The molecule has 0 bridgehead atoms. The highest BCUT2D eigenvalue weighted by atomic mass is 35.5. The summed E-state index contributed by atoms with van der Waals surface area (Å²) in [6.07, 6.45) is 5.01. The summed E-state index contributed by atoms with van der Waals surface area (Å²) < 4.78 is 12.7. The Hall–Kier alpha value is -3.30. The number of amides is 1. The Labute approximate surface area is 194 Å². The normalized spacial score (nSPS) is 10.8. The van der Waals surface area contributed by atoms with Crippen molar-refractivity contribution in [2.75, 3.05) is 18.2 Å². The summed E-state index contributed by atoms with van der Waals surface area (Å²) in [7, 11) is 1.53. The number of thioether (sulfide) groups is 1. The number of furan rings is 1. The van der Waals surface area contributed by atoms with E-state index >= 15 is 0 Å². The zero-order valence-corrected chi connectivity index (χ0v) is 19.0. The molecule has 4 rings (SSSR count). The molecule has 0 aliphatic heterocycles. The minimum atomic E-state index is -0.201. The first-order chi connectivity index (χ1) is 15.5. The summed E-state index contributed by atoms with van der Waals surface area (Å²) in [5, 5.41) is 12.7. The molecule has 8 nitrogen and oxygen atoms in total. The number of hydrogen-bond acceptors (Lipinski definition) is 7. The van der Waals surface area contributed by atoms with E-state index in [2.05, 4.69) is 20.5 Å². The fourth-order valence-corrected chi connectivity index (χ4v) is 3.95. The maximum atomic E-state index is 12.7. The Morgan fingerprint density at radius 2 is 2.06 bits per heavy atom. The lowest BCUT2D eigenvalue weighted by Crippen LogP contribution is -2.15. The van der Waals surface area contributed by atoms with Crippen LogP contribution in [0.2, 0.25) is 5.02 Å². The first kappa shape index (κ1) is 21.9. The van der Waals surface area contributed by atoms with Crippen LogP contribution < -0.4 is 10.1 Å². The summed E-state index contributed by atoms with van der Waals surface area (Å²) in [6, 6.07) is 10.9. The van der Waals surface area contributed by atoms with Crippen molar-refractivity contribution in [2.45, 2.75) is 18.6 Å². The molecule has 1 amide bonds. The third-order valence-corrected chi connectivity index (χ3v) is 6.01. The van der Waals surface area contributed by atoms with Crippen molar-refractivity contribution in [1.82, 2.24) is 19.7 Å². The van der Waals surface area contributed by atoms with E-state index in [0.717, 1.165) is 16.9 Å². The molecule has 3 aromatic heterocycles. The van der Waals surface area contributed by atoms with Gasteiger partial charge in [-0.1, -0.05) is 23.4 Å². The molecule has 0 saturated carbocycles. The van der Waals surface area contributed by atoms with Crippen LogP contribution in [0.25, 0.3) is 11.4 Å². The van der Waals surface area contributed by atoms with Crippen molar-refractivity contribution in [3.63, 3.8) is 0 Å². The number of carbonyl (C=O) groups excluding carboxylic acids is 1. The minimum Gasteiger partial charge on any atom is -0.495 e. The summed E-state index contributed by atoms with van der Waals surface area (Å²) >= 11 is 7.43. The monoisotopic (exact) mass is 469 g/mol. The number of benzene rings is 1. The van der Waals surface area contributed by atoms with Gasteiger partial charge in [0.2, 0.25) is 5.91 Å². The molecule has 0 radical (unpaired) electrons. The van der Waals surface area contributed by atoms with Gasteiger partial charge in [0.05, 0.1) is 31.4 Å². The van der Waals surface area contributed by atoms with Crippen molar-refractivity contribution >= 4 is 35.0 Å². The molecule has 4 aromatic rings. The Morgan fingerprint density at radius 1 is 1.25 bits per heavy atom. The number of hydrogen-bond donors (Lipinski definition) is 1. The van der Waals surface area contributed by atoms with Crippen molar-refractivity contribution in [3.8, 4) is 17.1 Å². The fraction of sp³-hybridized carbons (Fsp3) is 0.182. The highest BCUT2D eigenvalue weighted by Gasteiger charge is 2.18. The number of nitrogens with zero attached hydrogens (tertiary/aromatic N) is 4. The largest absolute Gasteiger partial charge is 0.495 e. The molecular formula is C22H20ClN5O3S. The van der Waals surface area contributed by atoms with E-state index in [1.54, 1.807) is 30.8 Å². The summed E-state index contributed by atoms with van der Waals surface area (Å²) in [5.41, 5.74) is 2.28. The average molecular weight is 470 g/mol. The molecule has 1 aromatic carbocycles. The average Bonchev–Trinajstić information content (AvgIpc) is 3.46. The van der Waals surface area contributed by atoms with Crippen LogP contribution in [0.15, 0.2) is 64.6 Å². The van der Waals surface area contributed by atoms with E-state index in [1.165, 1.54) is 18.9 Å². The van der Waals surface area contributed by atoms with Gasteiger partial charge in [-0.15, -0.1) is 10.2 Å². The van der Waals surface area contributed by atoms with Gasteiger partial charge in [-0.2, -0.15) is 0 Å². The highest BCUT2D eigenvalue weighted by molar-refractivity contribution is 7.99. The van der Waals surface area contributed by atoms with E-state index in [0.29, 0.717) is 34.0 Å². The lowest BCUT2D eigenvalue weighted by Gasteiger charge is -2.12. The quantitative estimate of drug-likeness (QED) is 0.374. The fourth-order valence-electron chi connectivity index (χ4n) is 3.06. The first-order valence-corrected chi connectivity index (χ1v) is 11.0. The van der Waals surface area contributed by atoms with E-state index in [4.69, 9.17) is 20.8 Å². The number of aromatic nitrogens is 4. The first-order valence-electron chi connectivity index (χ1n) is 9.68. The smallest absolute Gasteiger partial charge is 0.234 e. The van der Waals surface area contributed by atoms with Crippen molar-refractivity contribution in [2.24, 2.45) is 0 Å². The van der Waals surface area contributed by atoms with Gasteiger partial charge in [-0.25, -0.2) is 0 Å². The van der Waals surface area contributed by atoms with Gasteiger partial charge in [-0.05, 0) is 42.8 Å². The lowest BCUT2D eigenvalue weighted by molar-refractivity contribution is -0.113. The number of carbonyl (C=O) groups is 1. The molecule has 1 N–H and O–H groups in total. The Kier molecular flexibility index (Phi) is 6.77. The van der Waals surface area contributed by atoms with Gasteiger partial charge in [0.15, 0.2) is 11.0 Å². The molecule has 0 aliphatic rings. The maximum Gasteiger partial charge on any atom is 0.234 e. The molecule has 164 valence electrons. The Balaban J connectivity index is 1.52. The van der Waals surface area contributed by atoms with Crippen LogP contribution in [0.3, 0.4) is 0 Å². The SMILES string of the molecule is COc1cc(Cl)c(C)cc1NC(=O)CSc1nnc(-c2ccncc2)n1Cc1ccco1. The van der Waals surface area contributed by atoms with Crippen LogP contribution in [0.5, 0.6) is 5.75 Å². The van der Waals surface area contributed by atoms with Crippen molar-refractivity contribution in [1.29, 1.82) is 0 Å². The number of rotatable bonds is 8. The minimum absolute atomic E-state index is 0.136.